The van der Waals surface area contributed by atoms with Crippen molar-refractivity contribution in [3.05, 3.63) is 47.2 Å². The molecule has 188 valence electrons. The number of aryl methyl sites for hydroxylation is 1. The summed E-state index contributed by atoms with van der Waals surface area (Å²) in [5.74, 6) is -1.88. The minimum absolute atomic E-state index is 0.0552. The summed E-state index contributed by atoms with van der Waals surface area (Å²) in [5, 5.41) is 6.65. The molecule has 2 aromatic heterocycles. The molecule has 3 atom stereocenters. The second-order valence-electron chi connectivity index (χ2n) is 8.02. The van der Waals surface area contributed by atoms with E-state index in [1.165, 1.54) is 10.9 Å². The van der Waals surface area contributed by atoms with Gasteiger partial charge in [0.05, 0.1) is 29.7 Å². The third kappa shape index (κ3) is 5.13. The fourth-order valence-electron chi connectivity index (χ4n) is 3.74. The lowest BCUT2D eigenvalue weighted by molar-refractivity contribution is -0.137. The second-order valence-corrected chi connectivity index (χ2v) is 9.06. The first-order valence-electron chi connectivity index (χ1n) is 10.4. The van der Waals surface area contributed by atoms with E-state index in [1.54, 1.807) is 7.05 Å². The van der Waals surface area contributed by atoms with Crippen molar-refractivity contribution in [3.63, 3.8) is 0 Å². The molecule has 8 nitrogen and oxygen atoms in total. The zero-order chi connectivity index (χ0) is 25.5. The number of carbonyl (C=O) groups is 1. The van der Waals surface area contributed by atoms with Gasteiger partial charge in [-0.1, -0.05) is 11.3 Å². The Labute approximate surface area is 200 Å². The van der Waals surface area contributed by atoms with Crippen LogP contribution in [0.25, 0.3) is 10.6 Å². The van der Waals surface area contributed by atoms with Crippen molar-refractivity contribution in [1.82, 2.24) is 14.8 Å². The summed E-state index contributed by atoms with van der Waals surface area (Å²) in [5.41, 5.74) is 10.9. The number of thiazole rings is 1. The Hall–Kier alpha value is -3.10. The van der Waals surface area contributed by atoms with Crippen LogP contribution in [-0.4, -0.2) is 39.5 Å². The van der Waals surface area contributed by atoms with Crippen LogP contribution in [0.15, 0.2) is 24.4 Å². The van der Waals surface area contributed by atoms with Crippen molar-refractivity contribution in [2.75, 3.05) is 17.7 Å². The number of hydrogen-bond donors (Lipinski definition) is 3. The van der Waals surface area contributed by atoms with E-state index in [0.717, 1.165) is 23.5 Å². The topological polar surface area (TPSA) is 121 Å². The zero-order valence-electron chi connectivity index (χ0n) is 18.3. The van der Waals surface area contributed by atoms with E-state index in [-0.39, 0.29) is 33.6 Å². The van der Waals surface area contributed by atoms with Crippen molar-refractivity contribution in [3.8, 4) is 10.6 Å². The number of aromatic nitrogens is 3. The first-order chi connectivity index (χ1) is 16.5. The Morgan fingerprint density at radius 1 is 1.31 bits per heavy atom. The van der Waals surface area contributed by atoms with Gasteiger partial charge in [-0.05, 0) is 31.0 Å². The highest BCUT2D eigenvalue weighted by atomic mass is 32.1. The maximum Gasteiger partial charge on any atom is 0.416 e. The molecule has 5 N–H and O–H groups in total. The summed E-state index contributed by atoms with van der Waals surface area (Å²) in [6, 6.07) is 1.35. The maximum atomic E-state index is 14.4. The molecule has 1 fully saturated rings. The monoisotopic (exact) mass is 516 g/mol. The lowest BCUT2D eigenvalue weighted by Crippen LogP contribution is -2.32. The number of carbonyl (C=O) groups excluding carboxylic acids is 1. The molecule has 3 aromatic rings. The lowest BCUT2D eigenvalue weighted by atomic mass is 10.0. The van der Waals surface area contributed by atoms with Crippen molar-refractivity contribution in [2.45, 2.75) is 37.3 Å². The van der Waals surface area contributed by atoms with Crippen molar-refractivity contribution >= 4 is 27.9 Å². The third-order valence-corrected chi connectivity index (χ3v) is 6.53. The van der Waals surface area contributed by atoms with Gasteiger partial charge in [-0.25, -0.2) is 13.8 Å². The molecule has 0 bridgehead atoms. The normalized spacial score (nSPS) is 21.1. The summed E-state index contributed by atoms with van der Waals surface area (Å²) in [6.07, 6.45) is -4.44. The molecule has 1 saturated heterocycles. The van der Waals surface area contributed by atoms with Gasteiger partial charge in [0.1, 0.15) is 28.1 Å². The molecular formula is C21H21F5N6O2S. The Morgan fingerprint density at radius 3 is 2.74 bits per heavy atom. The molecule has 1 aromatic carbocycles. The number of ether oxygens (including phenoxy) is 1. The number of amides is 1. The van der Waals surface area contributed by atoms with Crippen LogP contribution in [-0.2, 0) is 18.0 Å². The average Bonchev–Trinajstić information content (AvgIpc) is 3.30. The summed E-state index contributed by atoms with van der Waals surface area (Å²) >= 11 is 0.758. The molecular weight excluding hydrogens is 495 g/mol. The Kier molecular flexibility index (Phi) is 6.79. The quantitative estimate of drug-likeness (QED) is 0.450. The molecule has 4 rings (SSSR count). The van der Waals surface area contributed by atoms with Crippen LogP contribution in [0.5, 0.6) is 0 Å². The minimum Gasteiger partial charge on any atom is -0.389 e. The van der Waals surface area contributed by atoms with Crippen LogP contribution < -0.4 is 16.8 Å². The van der Waals surface area contributed by atoms with Crippen LogP contribution in [0.3, 0.4) is 0 Å². The smallest absolute Gasteiger partial charge is 0.389 e. The highest BCUT2D eigenvalue weighted by Gasteiger charge is 2.32. The molecule has 14 heteroatoms. The average molecular weight is 516 g/mol. The van der Waals surface area contributed by atoms with E-state index >= 15 is 0 Å². The molecule has 1 aliphatic rings. The number of rotatable bonds is 4. The standard InChI is InChI=1S/C21H21F5N6O2S/c1-32-17(15-5-4-13(27)12(23)8-34-15)14(7-29-32)30-19(33)16-18(28)35-20(31-16)10-3-2-9(6-11(10)22)21(24,25)26/h2-3,6-7,12-13,15H,4-5,8,27-28H2,1H3,(H,30,33). The van der Waals surface area contributed by atoms with E-state index in [2.05, 4.69) is 15.4 Å². The van der Waals surface area contributed by atoms with Gasteiger partial charge in [0, 0.05) is 18.7 Å². The number of nitrogens with zero attached hydrogens (tertiary/aromatic N) is 3. The molecule has 0 saturated carbocycles. The van der Waals surface area contributed by atoms with Gasteiger partial charge in [-0.3, -0.25) is 9.48 Å². The molecule has 3 unspecified atom stereocenters. The van der Waals surface area contributed by atoms with Crippen LogP contribution in [0.2, 0.25) is 0 Å². The van der Waals surface area contributed by atoms with Crippen LogP contribution >= 0.6 is 11.3 Å². The Bertz CT molecular complexity index is 1230. The predicted molar refractivity (Wildman–Crippen MR) is 119 cm³/mol. The number of alkyl halides is 4. The molecule has 0 spiro atoms. The van der Waals surface area contributed by atoms with E-state index in [4.69, 9.17) is 16.2 Å². The summed E-state index contributed by atoms with van der Waals surface area (Å²) in [4.78, 5) is 17.0. The van der Waals surface area contributed by atoms with E-state index < -0.39 is 41.8 Å². The molecule has 35 heavy (non-hydrogen) atoms. The maximum absolute atomic E-state index is 14.4. The van der Waals surface area contributed by atoms with Gasteiger partial charge in [0.25, 0.3) is 5.91 Å². The highest BCUT2D eigenvalue weighted by Crippen LogP contribution is 2.37. The number of anilines is 2. The van der Waals surface area contributed by atoms with E-state index in [1.807, 2.05) is 0 Å². The fraction of sp³-hybridized carbons (Fsp3) is 0.381. The van der Waals surface area contributed by atoms with Gasteiger partial charge < -0.3 is 21.5 Å². The summed E-state index contributed by atoms with van der Waals surface area (Å²) in [6.45, 7) is -0.203. The van der Waals surface area contributed by atoms with Crippen LogP contribution in [0, 0.1) is 5.82 Å². The number of nitrogen functional groups attached to an aromatic ring is 1. The van der Waals surface area contributed by atoms with Gasteiger partial charge in [-0.15, -0.1) is 0 Å². The second kappa shape index (κ2) is 9.51. The van der Waals surface area contributed by atoms with Crippen LogP contribution in [0.4, 0.5) is 32.6 Å². The molecule has 1 amide bonds. The van der Waals surface area contributed by atoms with Crippen molar-refractivity contribution in [1.29, 1.82) is 0 Å². The van der Waals surface area contributed by atoms with Gasteiger partial charge in [0.2, 0.25) is 0 Å². The van der Waals surface area contributed by atoms with E-state index in [9.17, 15) is 26.7 Å². The number of hydrogen-bond acceptors (Lipinski definition) is 7. The largest absolute Gasteiger partial charge is 0.416 e. The molecule has 0 radical (unpaired) electrons. The van der Waals surface area contributed by atoms with Gasteiger partial charge >= 0.3 is 6.18 Å². The summed E-state index contributed by atoms with van der Waals surface area (Å²) in [7, 11) is 1.63. The highest BCUT2D eigenvalue weighted by molar-refractivity contribution is 7.19. The van der Waals surface area contributed by atoms with E-state index in [0.29, 0.717) is 24.6 Å². The van der Waals surface area contributed by atoms with Crippen LogP contribution in [0.1, 0.15) is 40.7 Å². The van der Waals surface area contributed by atoms with Gasteiger partial charge in [-0.2, -0.15) is 18.3 Å². The fourth-order valence-corrected chi connectivity index (χ4v) is 4.59. The third-order valence-electron chi connectivity index (χ3n) is 5.62. The Morgan fingerprint density at radius 2 is 2.06 bits per heavy atom. The number of nitrogens with two attached hydrogens (primary N) is 2. The predicted octanol–water partition coefficient (Wildman–Crippen LogP) is 4.05. The zero-order valence-corrected chi connectivity index (χ0v) is 19.1. The number of halogens is 5. The molecule has 3 heterocycles. The number of benzene rings is 1. The summed E-state index contributed by atoms with van der Waals surface area (Å²) < 4.78 is 73.9. The van der Waals surface area contributed by atoms with Crippen molar-refractivity contribution < 1.29 is 31.5 Å². The SMILES string of the molecule is Cn1ncc(NC(=O)c2nc(-c3ccc(C(F)(F)F)cc3F)sc2N)c1C1CCC(N)C(F)CO1. The first-order valence-corrected chi connectivity index (χ1v) is 11.2. The Balaban J connectivity index is 1.57. The minimum atomic E-state index is -4.70. The molecule has 0 aliphatic carbocycles. The van der Waals surface area contributed by atoms with Crippen molar-refractivity contribution in [2.24, 2.45) is 12.8 Å². The first kappa shape index (κ1) is 25.0. The molecule has 1 aliphatic heterocycles. The number of nitrogens with one attached hydrogen (secondary N) is 1. The lowest BCUT2D eigenvalue weighted by Gasteiger charge is -2.17. The van der Waals surface area contributed by atoms with Gasteiger partial charge in [0.15, 0.2) is 5.69 Å².